The summed E-state index contributed by atoms with van der Waals surface area (Å²) in [6.45, 7) is 4.52. The second kappa shape index (κ2) is 8.55. The highest BCUT2D eigenvalue weighted by Gasteiger charge is 2.38. The van der Waals surface area contributed by atoms with Gasteiger partial charge in [0, 0.05) is 38.6 Å². The predicted molar refractivity (Wildman–Crippen MR) is 117 cm³/mol. The van der Waals surface area contributed by atoms with Crippen molar-refractivity contribution in [3.8, 4) is 0 Å². The summed E-state index contributed by atoms with van der Waals surface area (Å²) in [7, 11) is 0. The van der Waals surface area contributed by atoms with Crippen LogP contribution >= 0.6 is 11.6 Å². The zero-order chi connectivity index (χ0) is 20.7. The first-order valence-corrected chi connectivity index (χ1v) is 11.5. The van der Waals surface area contributed by atoms with Gasteiger partial charge >= 0.3 is 0 Å². The van der Waals surface area contributed by atoms with Gasteiger partial charge in [0.25, 0.3) is 0 Å². The molecule has 3 unspecified atom stereocenters. The number of aliphatic imine (C=N–C) groups is 1. The number of rotatable bonds is 5. The molecule has 5 rings (SSSR count). The molecule has 3 atom stereocenters. The second-order valence-corrected chi connectivity index (χ2v) is 9.22. The minimum atomic E-state index is -0.278. The maximum Gasteiger partial charge on any atom is 0.175 e. The third-order valence-corrected chi connectivity index (χ3v) is 6.89. The zero-order valence-corrected chi connectivity index (χ0v) is 18.0. The average molecular weight is 435 g/mol. The van der Waals surface area contributed by atoms with E-state index in [1.54, 1.807) is 5.01 Å². The summed E-state index contributed by atoms with van der Waals surface area (Å²) in [4.78, 5) is 16.9. The normalized spacial score (nSPS) is 27.8. The van der Waals surface area contributed by atoms with Crippen LogP contribution in [0.5, 0.6) is 0 Å². The summed E-state index contributed by atoms with van der Waals surface area (Å²) >= 11 is 6.60. The van der Waals surface area contributed by atoms with E-state index in [9.17, 15) is 5.11 Å². The molecule has 4 aliphatic rings. The standard InChI is InChI=1S/C20H31ClN8O/c21-17-15(13(11-30)9-12-3-4-12)26-20-16(25-17)19(28-7-1-2-8-28)27-18(29(20)22)14-10-23-5-6-24-14/h12-14,18,23-24,30H,1-11,22H2. The molecule has 1 saturated carbocycles. The number of piperazine rings is 1. The van der Waals surface area contributed by atoms with E-state index in [2.05, 4.69) is 15.5 Å². The van der Waals surface area contributed by atoms with E-state index < -0.39 is 0 Å². The van der Waals surface area contributed by atoms with Crippen LogP contribution < -0.4 is 21.5 Å². The van der Waals surface area contributed by atoms with Crippen molar-refractivity contribution < 1.29 is 5.11 Å². The molecule has 0 amide bonds. The third kappa shape index (κ3) is 3.89. The van der Waals surface area contributed by atoms with Gasteiger partial charge in [-0.15, -0.1) is 0 Å². The Kier molecular flexibility index (Phi) is 5.81. The Morgan fingerprint density at radius 1 is 1.20 bits per heavy atom. The Hall–Kier alpha value is -1.52. The summed E-state index contributed by atoms with van der Waals surface area (Å²) in [5, 5.41) is 18.9. The second-order valence-electron chi connectivity index (χ2n) is 8.86. The van der Waals surface area contributed by atoms with E-state index in [-0.39, 0.29) is 24.7 Å². The SMILES string of the molecule is NN1c2nc(C(CO)CC3CC3)c(Cl)nc2C(N2CCCC2)=NC1C1CNCCN1. The molecule has 1 aliphatic carbocycles. The first-order valence-electron chi connectivity index (χ1n) is 11.1. The molecule has 3 aliphatic heterocycles. The van der Waals surface area contributed by atoms with E-state index in [4.69, 9.17) is 32.4 Å². The van der Waals surface area contributed by atoms with Crippen molar-refractivity contribution in [3.05, 3.63) is 16.5 Å². The Balaban J connectivity index is 1.54. The van der Waals surface area contributed by atoms with E-state index in [1.165, 1.54) is 12.8 Å². The number of likely N-dealkylation sites (tertiary alicyclic amines) is 1. The van der Waals surface area contributed by atoms with Crippen LogP contribution in [-0.4, -0.2) is 77.3 Å². The summed E-state index contributed by atoms with van der Waals surface area (Å²) in [5.74, 6) is 8.57. The summed E-state index contributed by atoms with van der Waals surface area (Å²) in [6, 6.07) is 0.0792. The lowest BCUT2D eigenvalue weighted by Crippen LogP contribution is -2.62. The van der Waals surface area contributed by atoms with Gasteiger partial charge < -0.3 is 20.6 Å². The van der Waals surface area contributed by atoms with Crippen LogP contribution in [0.15, 0.2) is 4.99 Å². The number of aliphatic hydroxyl groups excluding tert-OH is 1. The lowest BCUT2D eigenvalue weighted by molar-refractivity contribution is 0.252. The number of aromatic nitrogens is 2. The largest absolute Gasteiger partial charge is 0.396 e. The minimum Gasteiger partial charge on any atom is -0.396 e. The van der Waals surface area contributed by atoms with Crippen LogP contribution in [0.2, 0.25) is 5.15 Å². The molecular weight excluding hydrogens is 404 g/mol. The molecule has 0 radical (unpaired) electrons. The molecule has 10 heteroatoms. The van der Waals surface area contributed by atoms with Gasteiger partial charge in [0.2, 0.25) is 0 Å². The number of nitrogens with one attached hydrogen (secondary N) is 2. The molecule has 2 saturated heterocycles. The number of aliphatic hydroxyl groups is 1. The first kappa shape index (κ1) is 20.4. The molecular formula is C20H31ClN8O. The maximum atomic E-state index is 10.0. The lowest BCUT2D eigenvalue weighted by Gasteiger charge is -2.40. The van der Waals surface area contributed by atoms with Crippen molar-refractivity contribution in [2.24, 2.45) is 16.8 Å². The number of fused-ring (bicyclic) bond motifs is 1. The van der Waals surface area contributed by atoms with Gasteiger partial charge in [0.15, 0.2) is 28.7 Å². The smallest absolute Gasteiger partial charge is 0.175 e. The topological polar surface area (TPSA) is 115 Å². The molecule has 1 aromatic rings. The van der Waals surface area contributed by atoms with Gasteiger partial charge in [-0.2, -0.15) is 0 Å². The van der Waals surface area contributed by atoms with Crippen molar-refractivity contribution in [1.29, 1.82) is 0 Å². The lowest BCUT2D eigenvalue weighted by atomic mass is 9.99. The summed E-state index contributed by atoms with van der Waals surface area (Å²) in [6.07, 6.45) is 5.32. The van der Waals surface area contributed by atoms with Gasteiger partial charge in [0.05, 0.1) is 18.3 Å². The summed E-state index contributed by atoms with van der Waals surface area (Å²) < 4.78 is 0. The molecule has 0 aromatic carbocycles. The highest BCUT2D eigenvalue weighted by molar-refractivity contribution is 6.30. The highest BCUT2D eigenvalue weighted by Crippen LogP contribution is 2.40. The molecule has 9 nitrogen and oxygen atoms in total. The third-order valence-electron chi connectivity index (χ3n) is 6.62. The highest BCUT2D eigenvalue weighted by atomic mass is 35.5. The molecule has 0 spiro atoms. The average Bonchev–Trinajstić information content (AvgIpc) is 3.43. The van der Waals surface area contributed by atoms with Crippen molar-refractivity contribution in [2.45, 2.75) is 50.2 Å². The van der Waals surface area contributed by atoms with E-state index in [0.717, 1.165) is 57.8 Å². The monoisotopic (exact) mass is 434 g/mol. The predicted octanol–water partition coefficient (Wildman–Crippen LogP) is 0.430. The van der Waals surface area contributed by atoms with Crippen LogP contribution in [0.1, 0.15) is 49.4 Å². The van der Waals surface area contributed by atoms with Crippen LogP contribution in [0.4, 0.5) is 5.82 Å². The number of hydrogen-bond donors (Lipinski definition) is 4. The van der Waals surface area contributed by atoms with Gasteiger partial charge in [-0.1, -0.05) is 24.4 Å². The first-order chi connectivity index (χ1) is 14.7. The molecule has 4 heterocycles. The number of nitrogens with two attached hydrogens (primary N) is 1. The fourth-order valence-electron chi connectivity index (χ4n) is 4.74. The van der Waals surface area contributed by atoms with Crippen molar-refractivity contribution >= 4 is 23.3 Å². The number of halogens is 1. The zero-order valence-electron chi connectivity index (χ0n) is 17.2. The molecule has 1 aromatic heterocycles. The van der Waals surface area contributed by atoms with Gasteiger partial charge in [-0.25, -0.2) is 20.8 Å². The quantitative estimate of drug-likeness (QED) is 0.493. The molecule has 164 valence electrons. The Morgan fingerprint density at radius 2 is 2.00 bits per heavy atom. The van der Waals surface area contributed by atoms with Gasteiger partial charge in [-0.3, -0.25) is 5.01 Å². The van der Waals surface area contributed by atoms with Gasteiger partial charge in [-0.05, 0) is 25.2 Å². The number of nitrogens with zero attached hydrogens (tertiary/aromatic N) is 5. The fraction of sp³-hybridized carbons (Fsp3) is 0.750. The molecule has 5 N–H and O–H groups in total. The number of hydrogen-bond acceptors (Lipinski definition) is 9. The Bertz CT molecular complexity index is 804. The fourth-order valence-corrected chi connectivity index (χ4v) is 5.02. The van der Waals surface area contributed by atoms with E-state index in [1.807, 2.05) is 0 Å². The molecule has 30 heavy (non-hydrogen) atoms. The van der Waals surface area contributed by atoms with Crippen LogP contribution in [0.25, 0.3) is 0 Å². The molecule has 0 bridgehead atoms. The van der Waals surface area contributed by atoms with E-state index in [0.29, 0.717) is 28.3 Å². The Labute approximate surface area is 182 Å². The van der Waals surface area contributed by atoms with Crippen LogP contribution in [0.3, 0.4) is 0 Å². The van der Waals surface area contributed by atoms with Gasteiger partial charge in [0.1, 0.15) is 0 Å². The van der Waals surface area contributed by atoms with Crippen LogP contribution in [-0.2, 0) is 0 Å². The minimum absolute atomic E-state index is 0.0128. The summed E-state index contributed by atoms with van der Waals surface area (Å²) in [5.41, 5.74) is 1.30. The number of amidine groups is 1. The van der Waals surface area contributed by atoms with Crippen molar-refractivity contribution in [1.82, 2.24) is 25.5 Å². The molecule has 3 fully saturated rings. The van der Waals surface area contributed by atoms with Crippen molar-refractivity contribution in [3.63, 3.8) is 0 Å². The van der Waals surface area contributed by atoms with E-state index >= 15 is 0 Å². The van der Waals surface area contributed by atoms with Crippen molar-refractivity contribution in [2.75, 3.05) is 44.3 Å². The van der Waals surface area contributed by atoms with Crippen LogP contribution in [0, 0.1) is 5.92 Å². The number of anilines is 1. The maximum absolute atomic E-state index is 10.0. The number of hydrazine groups is 1. The Morgan fingerprint density at radius 3 is 2.67 bits per heavy atom.